The van der Waals surface area contributed by atoms with Crippen LogP contribution in [0.4, 0.5) is 11.4 Å². The molecule has 0 atom stereocenters. The first-order valence-electron chi connectivity index (χ1n) is 7.02. The van der Waals surface area contributed by atoms with E-state index in [4.69, 9.17) is 11.6 Å². The highest BCUT2D eigenvalue weighted by Gasteiger charge is 2.29. The van der Waals surface area contributed by atoms with Crippen LogP contribution in [0.15, 0.2) is 52.4 Å². The van der Waals surface area contributed by atoms with Crippen molar-refractivity contribution in [1.82, 2.24) is 0 Å². The second kappa shape index (κ2) is 6.16. The van der Waals surface area contributed by atoms with Crippen molar-refractivity contribution in [1.29, 1.82) is 0 Å². The number of benzene rings is 2. The molecule has 2 aromatic rings. The maximum atomic E-state index is 13.0. The summed E-state index contributed by atoms with van der Waals surface area (Å²) in [5, 5.41) is 0.200. The summed E-state index contributed by atoms with van der Waals surface area (Å²) >= 11 is 5.91. The summed E-state index contributed by atoms with van der Waals surface area (Å²) in [5.41, 5.74) is 1.78. The average Bonchev–Trinajstić information content (AvgIpc) is 2.56. The minimum Gasteiger partial charge on any atom is -0.266 e. The van der Waals surface area contributed by atoms with Crippen LogP contribution in [0.5, 0.6) is 0 Å². The van der Waals surface area contributed by atoms with Gasteiger partial charge in [0.25, 0.3) is 10.0 Å². The highest BCUT2D eigenvalue weighted by atomic mass is 35.5. The van der Waals surface area contributed by atoms with E-state index in [0.29, 0.717) is 12.2 Å². The van der Waals surface area contributed by atoms with Crippen LogP contribution in [0.3, 0.4) is 0 Å². The Hall–Kier alpha value is -2.14. The van der Waals surface area contributed by atoms with Gasteiger partial charge in [0.05, 0.1) is 21.3 Å². The Morgan fingerprint density at radius 3 is 2.74 bits per heavy atom. The van der Waals surface area contributed by atoms with Crippen molar-refractivity contribution in [3.8, 4) is 0 Å². The van der Waals surface area contributed by atoms with E-state index in [2.05, 4.69) is 4.99 Å². The van der Waals surface area contributed by atoms with Crippen LogP contribution in [0.1, 0.15) is 12.0 Å². The molecule has 23 heavy (non-hydrogen) atoms. The molecule has 0 saturated heterocycles. The van der Waals surface area contributed by atoms with E-state index in [-0.39, 0.29) is 15.6 Å². The lowest BCUT2D eigenvalue weighted by Crippen LogP contribution is -2.35. The quantitative estimate of drug-likeness (QED) is 0.630. The van der Waals surface area contributed by atoms with Crippen LogP contribution in [-0.4, -0.2) is 21.0 Å². The molecule has 7 heteroatoms. The van der Waals surface area contributed by atoms with Crippen LogP contribution >= 0.6 is 11.6 Å². The van der Waals surface area contributed by atoms with Gasteiger partial charge in [-0.05, 0) is 42.7 Å². The molecule has 3 rings (SSSR count). The third kappa shape index (κ3) is 2.88. The van der Waals surface area contributed by atoms with Crippen LogP contribution in [0, 0.1) is 0 Å². The first-order valence-corrected chi connectivity index (χ1v) is 8.84. The highest BCUT2D eigenvalue weighted by Crippen LogP contribution is 2.34. The SMILES string of the molecule is O=C=Nc1cc(S(=O)(=O)N2CCCc3ccccc32)ccc1Cl. The summed E-state index contributed by atoms with van der Waals surface area (Å²) in [6, 6.07) is 11.6. The standard InChI is InChI=1S/C16H13ClN2O3S/c17-14-8-7-13(10-15(14)18-11-20)23(21,22)19-9-3-5-12-4-1-2-6-16(12)19/h1-2,4,6-8,10H,3,5,9H2. The lowest BCUT2D eigenvalue weighted by molar-refractivity contribution is 0.565. The first kappa shape index (κ1) is 15.7. The van der Waals surface area contributed by atoms with Crippen molar-refractivity contribution in [2.45, 2.75) is 17.7 Å². The van der Waals surface area contributed by atoms with E-state index < -0.39 is 10.0 Å². The fourth-order valence-corrected chi connectivity index (χ4v) is 4.39. The number of anilines is 1. The number of fused-ring (bicyclic) bond motifs is 1. The van der Waals surface area contributed by atoms with E-state index in [0.717, 1.165) is 18.4 Å². The second-order valence-electron chi connectivity index (χ2n) is 5.13. The van der Waals surface area contributed by atoms with E-state index in [1.165, 1.54) is 28.6 Å². The van der Waals surface area contributed by atoms with Gasteiger partial charge in [-0.15, -0.1) is 0 Å². The van der Waals surface area contributed by atoms with Crippen LogP contribution in [0.25, 0.3) is 0 Å². The van der Waals surface area contributed by atoms with Gasteiger partial charge < -0.3 is 0 Å². The van der Waals surface area contributed by atoms with Gasteiger partial charge in [0.15, 0.2) is 0 Å². The van der Waals surface area contributed by atoms with Gasteiger partial charge in [-0.2, -0.15) is 4.99 Å². The number of sulfonamides is 1. The zero-order valence-corrected chi connectivity index (χ0v) is 13.6. The van der Waals surface area contributed by atoms with Crippen molar-refractivity contribution in [3.05, 3.63) is 53.1 Å². The minimum atomic E-state index is -3.75. The van der Waals surface area contributed by atoms with Gasteiger partial charge >= 0.3 is 0 Å². The summed E-state index contributed by atoms with van der Waals surface area (Å²) in [4.78, 5) is 13.9. The van der Waals surface area contributed by atoms with Crippen LogP contribution < -0.4 is 4.31 Å². The van der Waals surface area contributed by atoms with Gasteiger partial charge in [0.1, 0.15) is 0 Å². The first-order chi connectivity index (χ1) is 11.0. The Labute approximate surface area is 139 Å². The van der Waals surface area contributed by atoms with E-state index in [9.17, 15) is 13.2 Å². The fraction of sp³-hybridized carbons (Fsp3) is 0.188. The molecule has 1 heterocycles. The number of halogens is 1. The Morgan fingerprint density at radius 2 is 1.96 bits per heavy atom. The molecular formula is C16H13ClN2O3S. The molecule has 0 aromatic heterocycles. The number of hydrogen-bond donors (Lipinski definition) is 0. The van der Waals surface area contributed by atoms with Crippen molar-refractivity contribution >= 4 is 39.1 Å². The third-order valence-electron chi connectivity index (χ3n) is 3.74. The predicted octanol–water partition coefficient (Wildman–Crippen LogP) is 3.45. The fourth-order valence-electron chi connectivity index (χ4n) is 2.66. The zero-order valence-electron chi connectivity index (χ0n) is 12.1. The molecule has 118 valence electrons. The van der Waals surface area contributed by atoms with Gasteiger partial charge in [-0.25, -0.2) is 13.2 Å². The van der Waals surface area contributed by atoms with Crippen molar-refractivity contribution in [3.63, 3.8) is 0 Å². The molecule has 0 radical (unpaired) electrons. The molecule has 1 aliphatic heterocycles. The summed E-state index contributed by atoms with van der Waals surface area (Å²) in [6.45, 7) is 0.411. The van der Waals surface area contributed by atoms with Crippen molar-refractivity contribution in [2.24, 2.45) is 4.99 Å². The maximum absolute atomic E-state index is 13.0. The summed E-state index contributed by atoms with van der Waals surface area (Å²) in [7, 11) is -3.75. The summed E-state index contributed by atoms with van der Waals surface area (Å²) < 4.78 is 27.3. The topological polar surface area (TPSA) is 66.8 Å². The number of aryl methyl sites for hydroxylation is 1. The van der Waals surface area contributed by atoms with Crippen molar-refractivity contribution < 1.29 is 13.2 Å². The highest BCUT2D eigenvalue weighted by molar-refractivity contribution is 7.92. The largest absolute Gasteiger partial charge is 0.266 e. The minimum absolute atomic E-state index is 0.0487. The van der Waals surface area contributed by atoms with Crippen LogP contribution in [-0.2, 0) is 21.2 Å². The van der Waals surface area contributed by atoms with E-state index in [1.54, 1.807) is 6.07 Å². The number of hydrogen-bond acceptors (Lipinski definition) is 4. The molecule has 0 aliphatic carbocycles. The van der Waals surface area contributed by atoms with Gasteiger partial charge in [-0.3, -0.25) is 4.31 Å². The van der Waals surface area contributed by atoms with Gasteiger partial charge in [-0.1, -0.05) is 29.8 Å². The Morgan fingerprint density at radius 1 is 1.17 bits per heavy atom. The molecule has 0 saturated carbocycles. The predicted molar refractivity (Wildman–Crippen MR) is 88.5 cm³/mol. The Bertz CT molecular complexity index is 905. The van der Waals surface area contributed by atoms with Gasteiger partial charge in [0, 0.05) is 6.54 Å². The molecular weight excluding hydrogens is 336 g/mol. The monoisotopic (exact) mass is 348 g/mol. The Balaban J connectivity index is 2.10. The molecule has 0 unspecified atom stereocenters. The summed E-state index contributed by atoms with van der Waals surface area (Å²) in [6.07, 6.45) is 2.98. The number of isocyanates is 1. The third-order valence-corrected chi connectivity index (χ3v) is 5.87. The normalized spacial score (nSPS) is 14.0. The second-order valence-corrected chi connectivity index (χ2v) is 7.40. The number of rotatable bonds is 3. The zero-order chi connectivity index (χ0) is 16.4. The molecule has 0 bridgehead atoms. The number of carbonyl (C=O) groups excluding carboxylic acids is 1. The van der Waals surface area contributed by atoms with Gasteiger partial charge in [0.2, 0.25) is 6.08 Å². The van der Waals surface area contributed by atoms with E-state index >= 15 is 0 Å². The smallest absolute Gasteiger partial charge is 0.264 e. The number of nitrogens with zero attached hydrogens (tertiary/aromatic N) is 2. The summed E-state index contributed by atoms with van der Waals surface area (Å²) in [5.74, 6) is 0. The lowest BCUT2D eigenvalue weighted by atomic mass is 10.0. The Kier molecular flexibility index (Phi) is 4.22. The molecule has 5 nitrogen and oxygen atoms in total. The molecule has 0 amide bonds. The number of aliphatic imine (C=N–C) groups is 1. The molecule has 0 fully saturated rings. The molecule has 0 N–H and O–H groups in total. The molecule has 0 spiro atoms. The van der Waals surface area contributed by atoms with Crippen LogP contribution in [0.2, 0.25) is 5.02 Å². The average molecular weight is 349 g/mol. The molecule has 2 aromatic carbocycles. The number of para-hydroxylation sites is 1. The molecule has 1 aliphatic rings. The van der Waals surface area contributed by atoms with E-state index in [1.807, 2.05) is 18.2 Å². The van der Waals surface area contributed by atoms with Crippen molar-refractivity contribution in [2.75, 3.05) is 10.8 Å². The lowest BCUT2D eigenvalue weighted by Gasteiger charge is -2.30. The maximum Gasteiger partial charge on any atom is 0.264 e.